The largest absolute Gasteiger partial charge is 0.493 e. The van der Waals surface area contributed by atoms with Gasteiger partial charge in [-0.1, -0.05) is 6.08 Å². The molecule has 1 N–H and O–H groups in total. The van der Waals surface area contributed by atoms with Crippen LogP contribution in [0.15, 0.2) is 54.7 Å². The number of benzene rings is 2. The molecule has 0 fully saturated rings. The van der Waals surface area contributed by atoms with E-state index >= 15 is 0 Å². The van der Waals surface area contributed by atoms with Gasteiger partial charge in [-0.2, -0.15) is 0 Å². The van der Waals surface area contributed by atoms with E-state index in [2.05, 4.69) is 10.3 Å². The van der Waals surface area contributed by atoms with Gasteiger partial charge < -0.3 is 29.0 Å². The molecule has 0 saturated carbocycles. The smallest absolute Gasteiger partial charge is 0.203 e. The first-order valence-electron chi connectivity index (χ1n) is 10.0. The van der Waals surface area contributed by atoms with Gasteiger partial charge in [-0.15, -0.1) is 0 Å². The second kappa shape index (κ2) is 10.9. The molecule has 172 valence electrons. The number of methoxy groups -OCH3 is 5. The van der Waals surface area contributed by atoms with Crippen LogP contribution in [0.1, 0.15) is 15.9 Å². The molecule has 0 atom stereocenters. The lowest BCUT2D eigenvalue weighted by Crippen LogP contribution is -2.04. The fourth-order valence-corrected chi connectivity index (χ4v) is 3.21. The van der Waals surface area contributed by atoms with Crippen molar-refractivity contribution >= 4 is 23.4 Å². The number of ketones is 1. The quantitative estimate of drug-likeness (QED) is 0.349. The molecule has 33 heavy (non-hydrogen) atoms. The first-order valence-corrected chi connectivity index (χ1v) is 10.0. The minimum Gasteiger partial charge on any atom is -0.493 e. The lowest BCUT2D eigenvalue weighted by Gasteiger charge is -2.13. The van der Waals surface area contributed by atoms with Crippen molar-refractivity contribution in [2.75, 3.05) is 40.9 Å². The molecule has 0 radical (unpaired) electrons. The number of carbonyl (C=O) groups is 1. The predicted octanol–water partition coefficient (Wildman–Crippen LogP) is 4.76. The van der Waals surface area contributed by atoms with Crippen LogP contribution in [0.4, 0.5) is 11.5 Å². The maximum atomic E-state index is 13.0. The number of pyridine rings is 1. The third-order valence-electron chi connectivity index (χ3n) is 4.83. The van der Waals surface area contributed by atoms with Crippen molar-refractivity contribution < 1.29 is 28.5 Å². The van der Waals surface area contributed by atoms with Gasteiger partial charge in [0.1, 0.15) is 5.82 Å². The number of hydrogen-bond donors (Lipinski definition) is 1. The number of hydrogen-bond acceptors (Lipinski definition) is 8. The van der Waals surface area contributed by atoms with Gasteiger partial charge in [0, 0.05) is 18.0 Å². The zero-order valence-electron chi connectivity index (χ0n) is 19.2. The molecule has 1 heterocycles. The topological polar surface area (TPSA) is 88.1 Å². The number of ether oxygens (including phenoxy) is 5. The molecule has 0 saturated heterocycles. The number of anilines is 2. The zero-order valence-corrected chi connectivity index (χ0v) is 19.2. The van der Waals surface area contributed by atoms with Crippen LogP contribution in [-0.4, -0.2) is 46.3 Å². The van der Waals surface area contributed by atoms with Gasteiger partial charge in [-0.25, -0.2) is 4.98 Å². The highest BCUT2D eigenvalue weighted by molar-refractivity contribution is 6.10. The highest BCUT2D eigenvalue weighted by atomic mass is 16.5. The van der Waals surface area contributed by atoms with Gasteiger partial charge >= 0.3 is 0 Å². The van der Waals surface area contributed by atoms with Gasteiger partial charge in [0.25, 0.3) is 0 Å². The van der Waals surface area contributed by atoms with E-state index in [-0.39, 0.29) is 5.78 Å². The fourth-order valence-electron chi connectivity index (χ4n) is 3.21. The highest BCUT2D eigenvalue weighted by Crippen LogP contribution is 2.38. The Morgan fingerprint density at radius 1 is 0.818 bits per heavy atom. The van der Waals surface area contributed by atoms with Crippen molar-refractivity contribution in [1.82, 2.24) is 4.98 Å². The fraction of sp³-hybridized carbons (Fsp3) is 0.200. The van der Waals surface area contributed by atoms with Crippen LogP contribution < -0.4 is 29.0 Å². The summed E-state index contributed by atoms with van der Waals surface area (Å²) < 4.78 is 26.7. The van der Waals surface area contributed by atoms with Crippen molar-refractivity contribution in [3.8, 4) is 28.7 Å². The Labute approximate surface area is 192 Å². The number of nitrogens with zero attached hydrogens (tertiary/aromatic N) is 1. The molecule has 3 rings (SSSR count). The van der Waals surface area contributed by atoms with Crippen molar-refractivity contribution in [1.29, 1.82) is 0 Å². The molecule has 2 aromatic carbocycles. The first-order chi connectivity index (χ1) is 16.0. The molecule has 0 aliphatic heterocycles. The second-order valence-corrected chi connectivity index (χ2v) is 6.75. The highest BCUT2D eigenvalue weighted by Gasteiger charge is 2.14. The lowest BCUT2D eigenvalue weighted by molar-refractivity contribution is 0.104. The number of aromatic nitrogens is 1. The molecule has 3 aromatic rings. The summed E-state index contributed by atoms with van der Waals surface area (Å²) in [6.07, 6.45) is 4.76. The van der Waals surface area contributed by atoms with Crippen molar-refractivity contribution in [3.05, 3.63) is 65.9 Å². The average Bonchev–Trinajstić information content (AvgIpc) is 2.86. The zero-order chi connectivity index (χ0) is 23.8. The van der Waals surface area contributed by atoms with Gasteiger partial charge in [0.2, 0.25) is 5.75 Å². The van der Waals surface area contributed by atoms with E-state index in [0.29, 0.717) is 45.8 Å². The van der Waals surface area contributed by atoms with Crippen molar-refractivity contribution in [2.24, 2.45) is 0 Å². The summed E-state index contributed by atoms with van der Waals surface area (Å²) in [5.41, 5.74) is 1.83. The lowest BCUT2D eigenvalue weighted by atomic mass is 10.1. The van der Waals surface area contributed by atoms with E-state index in [0.717, 1.165) is 5.56 Å². The molecule has 1 aromatic heterocycles. The molecule has 0 amide bonds. The van der Waals surface area contributed by atoms with Gasteiger partial charge in [-0.3, -0.25) is 4.79 Å². The number of allylic oxidation sites excluding steroid dienone is 1. The van der Waals surface area contributed by atoms with Crippen LogP contribution in [0, 0.1) is 0 Å². The average molecular weight is 450 g/mol. The Morgan fingerprint density at radius 2 is 1.48 bits per heavy atom. The molecule has 0 aliphatic carbocycles. The van der Waals surface area contributed by atoms with E-state index in [1.54, 1.807) is 62.9 Å². The monoisotopic (exact) mass is 450 g/mol. The summed E-state index contributed by atoms with van der Waals surface area (Å²) in [6, 6.07) is 12.3. The maximum absolute atomic E-state index is 13.0. The van der Waals surface area contributed by atoms with Crippen LogP contribution in [0.2, 0.25) is 0 Å². The minimum atomic E-state index is -0.222. The third-order valence-corrected chi connectivity index (χ3v) is 4.83. The van der Waals surface area contributed by atoms with Gasteiger partial charge in [0.05, 0.1) is 41.1 Å². The molecule has 8 nitrogen and oxygen atoms in total. The number of carbonyl (C=O) groups excluding carboxylic acids is 1. The van der Waals surface area contributed by atoms with Gasteiger partial charge in [-0.05, 0) is 48.0 Å². The van der Waals surface area contributed by atoms with E-state index < -0.39 is 0 Å². The minimum absolute atomic E-state index is 0.222. The SMILES string of the molecule is COc1ccc(Nc2ncccc2C(=O)C=Cc2cc(OC)c(OC)c(OC)c2)cc1OC. The molecule has 0 bridgehead atoms. The summed E-state index contributed by atoms with van der Waals surface area (Å²) in [4.78, 5) is 17.3. The van der Waals surface area contributed by atoms with Crippen molar-refractivity contribution in [3.63, 3.8) is 0 Å². The summed E-state index contributed by atoms with van der Waals surface area (Å²) in [7, 11) is 7.75. The Hall–Kier alpha value is -4.20. The Kier molecular flexibility index (Phi) is 7.75. The maximum Gasteiger partial charge on any atom is 0.203 e. The molecule has 0 spiro atoms. The Morgan fingerprint density at radius 3 is 2.09 bits per heavy atom. The number of nitrogens with one attached hydrogen (secondary N) is 1. The summed E-state index contributed by atoms with van der Waals surface area (Å²) in [5, 5.41) is 3.17. The van der Waals surface area contributed by atoms with Crippen molar-refractivity contribution in [2.45, 2.75) is 0 Å². The Balaban J connectivity index is 1.87. The molecular weight excluding hydrogens is 424 g/mol. The summed E-state index contributed by atoms with van der Waals surface area (Å²) in [6.45, 7) is 0. The van der Waals surface area contributed by atoms with Crippen LogP contribution in [0.3, 0.4) is 0 Å². The van der Waals surface area contributed by atoms with Crippen LogP contribution >= 0.6 is 0 Å². The van der Waals surface area contributed by atoms with E-state index in [9.17, 15) is 4.79 Å². The van der Waals surface area contributed by atoms with Crippen LogP contribution in [0.25, 0.3) is 6.08 Å². The van der Waals surface area contributed by atoms with E-state index in [1.165, 1.54) is 27.4 Å². The standard InChI is InChI=1S/C25H26N2O6/c1-29-20-11-9-17(15-21(20)30-2)27-25-18(7-6-12-26-25)19(28)10-8-16-13-22(31-3)24(33-5)23(14-16)32-4/h6-15H,1-5H3,(H,26,27). The summed E-state index contributed by atoms with van der Waals surface area (Å²) >= 11 is 0. The second-order valence-electron chi connectivity index (χ2n) is 6.75. The predicted molar refractivity (Wildman–Crippen MR) is 127 cm³/mol. The molecular formula is C25H26N2O6. The van der Waals surface area contributed by atoms with Crippen LogP contribution in [-0.2, 0) is 0 Å². The van der Waals surface area contributed by atoms with Gasteiger partial charge in [0.15, 0.2) is 28.8 Å². The number of rotatable bonds is 10. The molecule has 8 heteroatoms. The summed E-state index contributed by atoms with van der Waals surface area (Å²) in [5.74, 6) is 2.85. The van der Waals surface area contributed by atoms with E-state index in [4.69, 9.17) is 23.7 Å². The first kappa shape index (κ1) is 23.5. The third kappa shape index (κ3) is 5.35. The normalized spacial score (nSPS) is 10.6. The molecule has 0 aliphatic rings. The van der Waals surface area contributed by atoms with E-state index in [1.807, 2.05) is 6.07 Å². The Bertz CT molecular complexity index is 1130. The van der Waals surface area contributed by atoms with Crippen LogP contribution in [0.5, 0.6) is 28.7 Å². The molecule has 0 unspecified atom stereocenters.